The summed E-state index contributed by atoms with van der Waals surface area (Å²) in [4.78, 5) is 27.1. The third kappa shape index (κ3) is 6.50. The lowest BCUT2D eigenvalue weighted by Crippen LogP contribution is -2.19. The number of benzene rings is 1. The van der Waals surface area contributed by atoms with Gasteiger partial charge < -0.3 is 15.7 Å². The number of hydrogen-bond donors (Lipinski definition) is 4. The van der Waals surface area contributed by atoms with Gasteiger partial charge in [-0.2, -0.15) is 18.3 Å². The predicted octanol–water partition coefficient (Wildman–Crippen LogP) is 5.32. The Morgan fingerprint density at radius 2 is 1.87 bits per heavy atom. The van der Waals surface area contributed by atoms with Gasteiger partial charge in [-0.3, -0.25) is 10.00 Å². The first kappa shape index (κ1) is 26.5. The van der Waals surface area contributed by atoms with Gasteiger partial charge in [-0.25, -0.2) is 19.7 Å². The fourth-order valence-electron chi connectivity index (χ4n) is 3.63. The molecule has 0 aliphatic heterocycles. The zero-order valence-corrected chi connectivity index (χ0v) is 21.7. The van der Waals surface area contributed by atoms with E-state index >= 15 is 0 Å². The number of nitrogens with zero attached hydrogens (tertiary/aromatic N) is 5. The van der Waals surface area contributed by atoms with Crippen LogP contribution in [0.1, 0.15) is 10.4 Å². The minimum absolute atomic E-state index is 0.0142. The van der Waals surface area contributed by atoms with Crippen LogP contribution in [0.2, 0.25) is 0 Å². The van der Waals surface area contributed by atoms with Crippen LogP contribution >= 0.6 is 22.7 Å². The van der Waals surface area contributed by atoms with E-state index in [0.29, 0.717) is 30.5 Å². The van der Waals surface area contributed by atoms with Gasteiger partial charge >= 0.3 is 12.2 Å². The fraction of sp³-hybridized carbons (Fsp3) is 0.208. The number of aliphatic hydroxyl groups is 1. The van der Waals surface area contributed by atoms with E-state index in [1.165, 1.54) is 29.8 Å². The molecule has 0 saturated carbocycles. The molecule has 10 nitrogen and oxygen atoms in total. The summed E-state index contributed by atoms with van der Waals surface area (Å²) < 4.78 is 40.7. The first-order valence-electron chi connectivity index (χ1n) is 11.6. The number of thiophene rings is 1. The van der Waals surface area contributed by atoms with E-state index in [1.54, 1.807) is 28.4 Å². The monoisotopic (exact) mass is 574 g/mol. The lowest BCUT2D eigenvalue weighted by Gasteiger charge is -2.08. The molecule has 4 heterocycles. The molecule has 0 aliphatic rings. The number of anilines is 3. The number of thiazole rings is 1. The quantitative estimate of drug-likeness (QED) is 0.187. The lowest BCUT2D eigenvalue weighted by atomic mass is 10.2. The number of rotatable bonds is 9. The van der Waals surface area contributed by atoms with Crippen molar-refractivity contribution < 1.29 is 23.1 Å². The molecule has 15 heteroatoms. The van der Waals surface area contributed by atoms with Crippen LogP contribution in [0.25, 0.3) is 20.7 Å². The normalized spacial score (nSPS) is 11.6. The first-order valence-corrected chi connectivity index (χ1v) is 13.2. The van der Waals surface area contributed by atoms with Crippen LogP contribution in [0.4, 0.5) is 34.6 Å². The summed E-state index contributed by atoms with van der Waals surface area (Å²) in [5.74, 6) is 0.706. The van der Waals surface area contributed by atoms with Gasteiger partial charge in [0.1, 0.15) is 12.1 Å². The second-order valence-corrected chi connectivity index (χ2v) is 10.4. The number of carbonyl (C=O) groups excluding carboxylic acids is 1. The van der Waals surface area contributed by atoms with Crippen molar-refractivity contribution in [2.24, 2.45) is 0 Å². The maximum absolute atomic E-state index is 12.7. The van der Waals surface area contributed by atoms with E-state index in [0.717, 1.165) is 37.7 Å². The molecule has 0 fully saturated rings. The van der Waals surface area contributed by atoms with Crippen molar-refractivity contribution in [2.45, 2.75) is 19.1 Å². The summed E-state index contributed by atoms with van der Waals surface area (Å²) in [6.07, 6.45) is 2.97. The zero-order valence-electron chi connectivity index (χ0n) is 20.1. The van der Waals surface area contributed by atoms with Gasteiger partial charge in [-0.1, -0.05) is 0 Å². The lowest BCUT2D eigenvalue weighted by molar-refractivity contribution is -0.137. The molecule has 0 unspecified atom stereocenters. The van der Waals surface area contributed by atoms with Gasteiger partial charge in [0.15, 0.2) is 5.13 Å². The van der Waals surface area contributed by atoms with Gasteiger partial charge in [0, 0.05) is 46.4 Å². The summed E-state index contributed by atoms with van der Waals surface area (Å²) in [6, 6.07) is 5.55. The summed E-state index contributed by atoms with van der Waals surface area (Å²) in [6.45, 7) is 1.00. The molecular formula is C24H21F3N8O2S2. The largest absolute Gasteiger partial charge is 0.416 e. The van der Waals surface area contributed by atoms with Crippen LogP contribution in [0, 0.1) is 0 Å². The summed E-state index contributed by atoms with van der Waals surface area (Å²) in [5.41, 5.74) is 1.18. The number of halogens is 3. The molecule has 2 amide bonds. The van der Waals surface area contributed by atoms with Crippen LogP contribution in [-0.4, -0.2) is 49.0 Å². The molecule has 0 saturated heterocycles. The van der Waals surface area contributed by atoms with Crippen molar-refractivity contribution in [1.82, 2.24) is 24.7 Å². The Morgan fingerprint density at radius 3 is 2.64 bits per heavy atom. The van der Waals surface area contributed by atoms with Gasteiger partial charge in [-0.05, 0) is 30.3 Å². The Hall–Kier alpha value is -4.08. The van der Waals surface area contributed by atoms with Crippen molar-refractivity contribution in [3.05, 3.63) is 65.7 Å². The van der Waals surface area contributed by atoms with Gasteiger partial charge in [0.25, 0.3) is 0 Å². The highest BCUT2D eigenvalue weighted by molar-refractivity contribution is 7.22. The number of alkyl halides is 3. The second-order valence-electron chi connectivity index (χ2n) is 8.23. The first-order chi connectivity index (χ1) is 18.8. The predicted molar refractivity (Wildman–Crippen MR) is 144 cm³/mol. The molecule has 5 rings (SSSR count). The molecular weight excluding hydrogens is 553 g/mol. The van der Waals surface area contributed by atoms with E-state index < -0.39 is 17.8 Å². The van der Waals surface area contributed by atoms with Crippen molar-refractivity contribution in [1.29, 1.82) is 0 Å². The fourth-order valence-corrected chi connectivity index (χ4v) is 5.48. The number of nitrogens with one attached hydrogen (secondary N) is 3. The minimum Gasteiger partial charge on any atom is -0.394 e. The van der Waals surface area contributed by atoms with E-state index in [2.05, 4.69) is 36.0 Å². The number of aromatic nitrogens is 5. The van der Waals surface area contributed by atoms with Crippen molar-refractivity contribution in [3.63, 3.8) is 0 Å². The summed E-state index contributed by atoms with van der Waals surface area (Å²) in [5, 5.41) is 22.1. The molecule has 0 radical (unpaired) electrons. The third-order valence-electron chi connectivity index (χ3n) is 5.47. The minimum atomic E-state index is -4.44. The SMILES string of the molecule is O=C(Nc1ccc(C(F)(F)F)cc1)Nc1ncc(CCNc2ncnc3cc(-c4cnn(CCO)c4)sc23)s1. The number of urea groups is 1. The Balaban J connectivity index is 1.15. The van der Waals surface area contributed by atoms with Gasteiger partial charge in [-0.15, -0.1) is 22.7 Å². The highest BCUT2D eigenvalue weighted by Crippen LogP contribution is 2.35. The molecule has 1 aromatic carbocycles. The molecule has 0 bridgehead atoms. The maximum atomic E-state index is 12.7. The maximum Gasteiger partial charge on any atom is 0.416 e. The number of amides is 2. The highest BCUT2D eigenvalue weighted by Gasteiger charge is 2.30. The van der Waals surface area contributed by atoms with E-state index in [-0.39, 0.29) is 12.3 Å². The smallest absolute Gasteiger partial charge is 0.394 e. The number of fused-ring (bicyclic) bond motifs is 1. The standard InChI is InChI=1S/C24H21F3N8O2S2/c25-24(26,27)15-1-3-16(4-2-15)33-22(37)34-23-29-11-17(38-23)5-6-28-21-20-18(30-13-31-21)9-19(39-20)14-10-32-35(12-14)7-8-36/h1-4,9-13,36H,5-8H2,(H,28,30,31)(H2,29,33,34,37). The molecule has 0 spiro atoms. The number of carbonyl (C=O) groups is 1. The Labute approximate surface area is 227 Å². The second kappa shape index (κ2) is 11.3. The Morgan fingerprint density at radius 1 is 1.05 bits per heavy atom. The number of hydrogen-bond acceptors (Lipinski definition) is 9. The molecule has 5 aromatic rings. The molecule has 202 valence electrons. The highest BCUT2D eigenvalue weighted by atomic mass is 32.1. The molecule has 4 aromatic heterocycles. The van der Waals surface area contributed by atoms with E-state index in [4.69, 9.17) is 5.11 Å². The van der Waals surface area contributed by atoms with Crippen LogP contribution < -0.4 is 16.0 Å². The Bertz CT molecular complexity index is 1580. The average Bonchev–Trinajstić information content (AvgIpc) is 3.64. The van der Waals surface area contributed by atoms with Gasteiger partial charge in [0.05, 0.1) is 35.1 Å². The van der Waals surface area contributed by atoms with Crippen LogP contribution in [0.3, 0.4) is 0 Å². The summed E-state index contributed by atoms with van der Waals surface area (Å²) in [7, 11) is 0. The molecule has 0 atom stereocenters. The van der Waals surface area contributed by atoms with E-state index in [1.807, 2.05) is 12.3 Å². The van der Waals surface area contributed by atoms with Crippen LogP contribution in [0.15, 0.2) is 55.2 Å². The molecule has 0 aliphatic carbocycles. The topological polar surface area (TPSA) is 130 Å². The Kier molecular flexibility index (Phi) is 7.72. The van der Waals surface area contributed by atoms with Crippen LogP contribution in [-0.2, 0) is 19.1 Å². The molecule has 39 heavy (non-hydrogen) atoms. The number of aliphatic hydroxyl groups excluding tert-OH is 1. The van der Waals surface area contributed by atoms with E-state index in [9.17, 15) is 18.0 Å². The van der Waals surface area contributed by atoms with Crippen molar-refractivity contribution in [2.75, 3.05) is 29.1 Å². The zero-order chi connectivity index (χ0) is 27.4. The van der Waals surface area contributed by atoms with Gasteiger partial charge in [0.2, 0.25) is 0 Å². The van der Waals surface area contributed by atoms with Crippen molar-refractivity contribution >= 4 is 55.6 Å². The third-order valence-corrected chi connectivity index (χ3v) is 7.62. The van der Waals surface area contributed by atoms with Crippen molar-refractivity contribution in [3.8, 4) is 10.4 Å². The molecule has 4 N–H and O–H groups in total. The van der Waals surface area contributed by atoms with Crippen LogP contribution in [0.5, 0.6) is 0 Å². The average molecular weight is 575 g/mol. The summed E-state index contributed by atoms with van der Waals surface area (Å²) >= 11 is 2.84.